The number of benzene rings is 1. The lowest BCUT2D eigenvalue weighted by atomic mass is 10.1. The molecule has 1 rings (SSSR count). The third-order valence-electron chi connectivity index (χ3n) is 1.53. The molecule has 0 aliphatic carbocycles. The Hall–Kier alpha value is -1.55. The number of nitrogens with zero attached hydrogens (tertiary/aromatic N) is 1. The molecule has 62 valence electrons. The number of aldehydes is 1. The molecule has 4 nitrogen and oxygen atoms in total. The van der Waals surface area contributed by atoms with Crippen molar-refractivity contribution >= 4 is 12.0 Å². The monoisotopic (exact) mass is 165 g/mol. The number of hydrogen-bond acceptors (Lipinski definition) is 4. The van der Waals surface area contributed by atoms with E-state index in [1.54, 1.807) is 0 Å². The van der Waals surface area contributed by atoms with Gasteiger partial charge >= 0.3 is 0 Å². The zero-order valence-corrected chi connectivity index (χ0v) is 6.23. The fourth-order valence-corrected chi connectivity index (χ4v) is 0.893. The molecule has 4 heteroatoms. The van der Waals surface area contributed by atoms with Gasteiger partial charge in [-0.3, -0.25) is 4.79 Å². The first-order valence-corrected chi connectivity index (χ1v) is 3.34. The van der Waals surface area contributed by atoms with Gasteiger partial charge in [-0.1, -0.05) is 6.07 Å². The smallest absolute Gasteiger partial charge is 0.150 e. The molecule has 0 aliphatic rings. The second-order valence-electron chi connectivity index (χ2n) is 2.25. The summed E-state index contributed by atoms with van der Waals surface area (Å²) in [4.78, 5) is 20.4. The van der Waals surface area contributed by atoms with Crippen LogP contribution in [0, 0.1) is 4.91 Å². The van der Waals surface area contributed by atoms with Gasteiger partial charge < -0.3 is 5.11 Å². The summed E-state index contributed by atoms with van der Waals surface area (Å²) in [5.41, 5.74) is 0.987. The maximum atomic E-state index is 10.4. The SMILES string of the molecule is O=Cc1cc(N=O)ccc1CO. The Morgan fingerprint density at radius 2 is 2.25 bits per heavy atom. The third kappa shape index (κ3) is 1.54. The summed E-state index contributed by atoms with van der Waals surface area (Å²) in [5, 5.41) is 11.4. The van der Waals surface area contributed by atoms with Gasteiger partial charge in [-0.25, -0.2) is 0 Å². The predicted molar refractivity (Wildman–Crippen MR) is 43.2 cm³/mol. The number of aliphatic hydroxyl groups excluding tert-OH is 1. The van der Waals surface area contributed by atoms with Crippen LogP contribution in [0.1, 0.15) is 15.9 Å². The average molecular weight is 165 g/mol. The zero-order chi connectivity index (χ0) is 8.97. The van der Waals surface area contributed by atoms with Gasteiger partial charge in [0.2, 0.25) is 0 Å². The Morgan fingerprint density at radius 3 is 2.75 bits per heavy atom. The molecule has 0 amide bonds. The van der Waals surface area contributed by atoms with Crippen LogP contribution in [0.25, 0.3) is 0 Å². The van der Waals surface area contributed by atoms with E-state index in [1.165, 1.54) is 18.2 Å². The van der Waals surface area contributed by atoms with Gasteiger partial charge in [0, 0.05) is 5.56 Å². The number of carbonyl (C=O) groups is 1. The van der Waals surface area contributed by atoms with Gasteiger partial charge in [-0.15, -0.1) is 4.91 Å². The van der Waals surface area contributed by atoms with E-state index in [-0.39, 0.29) is 12.3 Å². The van der Waals surface area contributed by atoms with Crippen molar-refractivity contribution in [2.75, 3.05) is 0 Å². The first kappa shape index (κ1) is 8.55. The van der Waals surface area contributed by atoms with Crippen LogP contribution in [-0.4, -0.2) is 11.4 Å². The first-order chi connectivity index (χ1) is 5.81. The molecule has 1 N–H and O–H groups in total. The summed E-state index contributed by atoms with van der Waals surface area (Å²) in [6, 6.07) is 4.29. The van der Waals surface area contributed by atoms with Crippen molar-refractivity contribution in [2.24, 2.45) is 5.18 Å². The zero-order valence-electron chi connectivity index (χ0n) is 6.23. The topological polar surface area (TPSA) is 66.7 Å². The Bertz CT molecular complexity index is 309. The lowest BCUT2D eigenvalue weighted by Gasteiger charge is -1.99. The quantitative estimate of drug-likeness (QED) is 0.543. The van der Waals surface area contributed by atoms with E-state index in [2.05, 4.69) is 5.18 Å². The van der Waals surface area contributed by atoms with Crippen LogP contribution in [0.5, 0.6) is 0 Å². The van der Waals surface area contributed by atoms with Crippen LogP contribution in [0.3, 0.4) is 0 Å². The van der Waals surface area contributed by atoms with Gasteiger partial charge in [0.05, 0.1) is 6.61 Å². The van der Waals surface area contributed by atoms with E-state index in [4.69, 9.17) is 5.11 Å². The summed E-state index contributed by atoms with van der Waals surface area (Å²) in [6.45, 7) is -0.215. The minimum Gasteiger partial charge on any atom is -0.392 e. The highest BCUT2D eigenvalue weighted by Gasteiger charge is 2.01. The van der Waals surface area contributed by atoms with Gasteiger partial charge in [0.1, 0.15) is 12.0 Å². The van der Waals surface area contributed by atoms with E-state index in [0.29, 0.717) is 17.4 Å². The van der Waals surface area contributed by atoms with Gasteiger partial charge in [0.25, 0.3) is 0 Å². The first-order valence-electron chi connectivity index (χ1n) is 3.34. The van der Waals surface area contributed by atoms with Crippen molar-refractivity contribution < 1.29 is 9.90 Å². The molecule has 0 heterocycles. The van der Waals surface area contributed by atoms with Gasteiger partial charge in [-0.2, -0.15) is 0 Å². The molecule has 0 saturated heterocycles. The van der Waals surface area contributed by atoms with Crippen molar-refractivity contribution in [1.82, 2.24) is 0 Å². The van der Waals surface area contributed by atoms with E-state index in [0.717, 1.165) is 0 Å². The molecule has 12 heavy (non-hydrogen) atoms. The van der Waals surface area contributed by atoms with Crippen molar-refractivity contribution in [3.63, 3.8) is 0 Å². The van der Waals surface area contributed by atoms with Crippen LogP contribution in [0.15, 0.2) is 23.4 Å². The molecular formula is C8H7NO3. The maximum Gasteiger partial charge on any atom is 0.150 e. The highest BCUT2D eigenvalue weighted by atomic mass is 16.3. The Kier molecular flexibility index (Phi) is 2.66. The Balaban J connectivity index is 3.18. The molecule has 0 spiro atoms. The molecule has 0 saturated carbocycles. The van der Waals surface area contributed by atoms with Crippen molar-refractivity contribution in [3.05, 3.63) is 34.2 Å². The molecule has 0 unspecified atom stereocenters. The molecule has 0 atom stereocenters. The lowest BCUT2D eigenvalue weighted by Crippen LogP contribution is -1.90. The molecule has 1 aromatic carbocycles. The van der Waals surface area contributed by atoms with E-state index in [9.17, 15) is 9.70 Å². The van der Waals surface area contributed by atoms with E-state index < -0.39 is 0 Å². The van der Waals surface area contributed by atoms with Crippen LogP contribution in [-0.2, 0) is 6.61 Å². The molecular weight excluding hydrogens is 158 g/mol. The highest BCUT2D eigenvalue weighted by Crippen LogP contribution is 2.16. The molecule has 0 aliphatic heterocycles. The number of rotatable bonds is 3. The maximum absolute atomic E-state index is 10.4. The summed E-state index contributed by atoms with van der Waals surface area (Å²) in [5.74, 6) is 0. The lowest BCUT2D eigenvalue weighted by molar-refractivity contribution is 0.112. The van der Waals surface area contributed by atoms with Crippen molar-refractivity contribution in [3.8, 4) is 0 Å². The molecule has 0 fully saturated rings. The Labute approximate surface area is 68.8 Å². The highest BCUT2D eigenvalue weighted by molar-refractivity contribution is 5.78. The number of hydrogen-bond donors (Lipinski definition) is 1. The summed E-state index contributed by atoms with van der Waals surface area (Å²) in [6.07, 6.45) is 0.584. The third-order valence-corrected chi connectivity index (χ3v) is 1.53. The van der Waals surface area contributed by atoms with Crippen molar-refractivity contribution in [1.29, 1.82) is 0 Å². The second-order valence-corrected chi connectivity index (χ2v) is 2.25. The van der Waals surface area contributed by atoms with E-state index in [1.807, 2.05) is 0 Å². The number of carbonyl (C=O) groups excluding carboxylic acids is 1. The molecule has 0 bridgehead atoms. The van der Waals surface area contributed by atoms with Gasteiger partial charge in [-0.05, 0) is 22.9 Å². The summed E-state index contributed by atoms with van der Waals surface area (Å²) in [7, 11) is 0. The summed E-state index contributed by atoms with van der Waals surface area (Å²) >= 11 is 0. The van der Waals surface area contributed by atoms with Crippen LogP contribution < -0.4 is 0 Å². The van der Waals surface area contributed by atoms with Gasteiger partial charge in [0.15, 0.2) is 0 Å². The normalized spacial score (nSPS) is 9.42. The largest absolute Gasteiger partial charge is 0.392 e. The number of nitroso groups, excluding NO2 is 1. The molecule has 0 aromatic heterocycles. The van der Waals surface area contributed by atoms with Crippen LogP contribution in [0.2, 0.25) is 0 Å². The number of aliphatic hydroxyl groups is 1. The fraction of sp³-hybridized carbons (Fsp3) is 0.125. The standard InChI is InChI=1S/C8H7NO3/c10-4-6-1-2-8(9-12)3-7(6)5-11/h1-3,5,10H,4H2. The average Bonchev–Trinajstić information content (AvgIpc) is 2.16. The van der Waals surface area contributed by atoms with Crippen LogP contribution >= 0.6 is 0 Å². The molecule has 0 radical (unpaired) electrons. The predicted octanol–water partition coefficient (Wildman–Crippen LogP) is 1.39. The van der Waals surface area contributed by atoms with Crippen LogP contribution in [0.4, 0.5) is 5.69 Å². The molecule has 1 aromatic rings. The minimum absolute atomic E-state index is 0.189. The fourth-order valence-electron chi connectivity index (χ4n) is 0.893. The Morgan fingerprint density at radius 1 is 1.50 bits per heavy atom. The second kappa shape index (κ2) is 3.73. The van der Waals surface area contributed by atoms with Crippen molar-refractivity contribution in [2.45, 2.75) is 6.61 Å². The minimum atomic E-state index is -0.215. The summed E-state index contributed by atoms with van der Waals surface area (Å²) < 4.78 is 0. The van der Waals surface area contributed by atoms with E-state index >= 15 is 0 Å².